The minimum absolute atomic E-state index is 0.000871. The van der Waals surface area contributed by atoms with Gasteiger partial charge in [0.2, 0.25) is 0 Å². The van der Waals surface area contributed by atoms with E-state index in [1.807, 2.05) is 24.3 Å². The van der Waals surface area contributed by atoms with E-state index in [4.69, 9.17) is 0 Å². The zero-order chi connectivity index (χ0) is 14.2. The van der Waals surface area contributed by atoms with Crippen LogP contribution in [0.25, 0.3) is 5.70 Å². The van der Waals surface area contributed by atoms with Gasteiger partial charge >= 0.3 is 0 Å². The van der Waals surface area contributed by atoms with Crippen molar-refractivity contribution >= 4 is 12.0 Å². The van der Waals surface area contributed by atoms with Crippen molar-refractivity contribution in [2.75, 3.05) is 0 Å². The number of rotatable bonds is 1. The first-order valence-electron chi connectivity index (χ1n) is 7.01. The summed E-state index contributed by atoms with van der Waals surface area (Å²) in [6, 6.07) is 8.44. The highest BCUT2D eigenvalue weighted by Crippen LogP contribution is 2.34. The molecule has 20 heavy (non-hydrogen) atoms. The van der Waals surface area contributed by atoms with Crippen LogP contribution in [0.15, 0.2) is 54.1 Å². The van der Waals surface area contributed by atoms with Gasteiger partial charge in [0.1, 0.15) is 6.29 Å². The molecule has 0 saturated carbocycles. The van der Waals surface area contributed by atoms with Crippen LogP contribution in [-0.4, -0.2) is 11.8 Å². The lowest BCUT2D eigenvalue weighted by Crippen LogP contribution is -2.44. The second-order valence-corrected chi connectivity index (χ2v) is 6.08. The van der Waals surface area contributed by atoms with Crippen molar-refractivity contribution in [3.8, 4) is 0 Å². The van der Waals surface area contributed by atoms with E-state index < -0.39 is 0 Å². The lowest BCUT2D eigenvalue weighted by Gasteiger charge is -2.37. The number of allylic oxidation sites excluding steroid dienone is 5. The first kappa shape index (κ1) is 12.9. The average molecular weight is 265 g/mol. The van der Waals surface area contributed by atoms with Gasteiger partial charge in [0.05, 0.1) is 5.92 Å². The number of nitrogens with one attached hydrogen (secondary N) is 1. The molecule has 0 radical (unpaired) electrons. The van der Waals surface area contributed by atoms with E-state index in [1.54, 1.807) is 0 Å². The molecule has 0 amide bonds. The van der Waals surface area contributed by atoms with Gasteiger partial charge in [0.15, 0.2) is 0 Å². The number of aldehydes is 1. The van der Waals surface area contributed by atoms with Crippen molar-refractivity contribution in [3.05, 3.63) is 65.3 Å². The van der Waals surface area contributed by atoms with E-state index in [9.17, 15) is 4.79 Å². The predicted molar refractivity (Wildman–Crippen MR) is 82.1 cm³/mol. The van der Waals surface area contributed by atoms with Crippen LogP contribution >= 0.6 is 0 Å². The molecule has 3 rings (SSSR count). The summed E-state index contributed by atoms with van der Waals surface area (Å²) in [5, 5.41) is 3.62. The van der Waals surface area contributed by atoms with Crippen LogP contribution in [-0.2, 0) is 11.2 Å². The number of benzene rings is 1. The highest BCUT2D eigenvalue weighted by molar-refractivity contribution is 5.80. The maximum absolute atomic E-state index is 11.3. The van der Waals surface area contributed by atoms with Crippen LogP contribution in [0.2, 0.25) is 0 Å². The number of hydrogen-bond donors (Lipinski definition) is 1. The van der Waals surface area contributed by atoms with E-state index in [-0.39, 0.29) is 11.5 Å². The van der Waals surface area contributed by atoms with Gasteiger partial charge in [-0.3, -0.25) is 0 Å². The van der Waals surface area contributed by atoms with Gasteiger partial charge in [0, 0.05) is 16.8 Å². The Morgan fingerprint density at radius 1 is 1.25 bits per heavy atom. The highest BCUT2D eigenvalue weighted by Gasteiger charge is 2.30. The Morgan fingerprint density at radius 2 is 2.05 bits per heavy atom. The second-order valence-electron chi connectivity index (χ2n) is 6.08. The summed E-state index contributed by atoms with van der Waals surface area (Å²) in [5.74, 6) is -0.163. The smallest absolute Gasteiger partial charge is 0.131 e. The van der Waals surface area contributed by atoms with Crippen molar-refractivity contribution < 1.29 is 4.79 Å². The summed E-state index contributed by atoms with van der Waals surface area (Å²) in [7, 11) is 0. The minimum atomic E-state index is -0.163. The maximum atomic E-state index is 11.3. The molecule has 0 fully saturated rings. The molecular formula is C18H19NO. The molecule has 1 aliphatic carbocycles. The number of carbonyl (C=O) groups excluding carboxylic acids is 1. The van der Waals surface area contributed by atoms with Crippen LogP contribution in [0, 0.1) is 5.92 Å². The Bertz CT molecular complexity index is 635. The normalized spacial score (nSPS) is 26.8. The Morgan fingerprint density at radius 3 is 2.85 bits per heavy atom. The topological polar surface area (TPSA) is 29.1 Å². The zero-order valence-corrected chi connectivity index (χ0v) is 11.9. The molecule has 1 heterocycles. The van der Waals surface area contributed by atoms with Gasteiger partial charge in [-0.2, -0.15) is 0 Å². The van der Waals surface area contributed by atoms with Gasteiger partial charge in [-0.1, -0.05) is 48.6 Å². The van der Waals surface area contributed by atoms with E-state index in [0.29, 0.717) is 0 Å². The fourth-order valence-corrected chi connectivity index (χ4v) is 3.00. The number of fused-ring (bicyclic) bond motifs is 1. The third kappa shape index (κ3) is 2.22. The van der Waals surface area contributed by atoms with Crippen molar-refractivity contribution in [2.45, 2.75) is 25.8 Å². The monoisotopic (exact) mass is 265 g/mol. The highest BCUT2D eigenvalue weighted by atomic mass is 16.1. The molecule has 0 bridgehead atoms. The second kappa shape index (κ2) is 4.78. The van der Waals surface area contributed by atoms with Crippen LogP contribution in [0.4, 0.5) is 0 Å². The molecule has 2 aliphatic rings. The summed E-state index contributed by atoms with van der Waals surface area (Å²) >= 11 is 0. The molecule has 1 unspecified atom stereocenters. The SMILES string of the molecule is CC1(C)Cc2ccccc2C(=C2C=CC=CC2C=O)N1. The quantitative estimate of drug-likeness (QED) is 0.790. The summed E-state index contributed by atoms with van der Waals surface area (Å²) in [4.78, 5) is 11.3. The standard InChI is InChI=1S/C18H19NO/c1-18(2)11-13-7-3-5-9-15(13)17(19-18)16-10-6-4-8-14(16)12-20/h3-10,12,14,19H,11H2,1-2H3. The van der Waals surface area contributed by atoms with Gasteiger partial charge in [-0.25, -0.2) is 0 Å². The lowest BCUT2D eigenvalue weighted by atomic mass is 9.82. The van der Waals surface area contributed by atoms with Gasteiger partial charge in [-0.15, -0.1) is 0 Å². The van der Waals surface area contributed by atoms with E-state index >= 15 is 0 Å². The van der Waals surface area contributed by atoms with E-state index in [0.717, 1.165) is 24.0 Å². The molecule has 1 aliphatic heterocycles. The summed E-state index contributed by atoms with van der Waals surface area (Å²) in [6.45, 7) is 4.39. The Labute approximate surface area is 119 Å². The molecule has 1 aromatic carbocycles. The number of hydrogen-bond acceptors (Lipinski definition) is 2. The first-order valence-corrected chi connectivity index (χ1v) is 7.01. The Kier molecular flexibility index (Phi) is 3.09. The summed E-state index contributed by atoms with van der Waals surface area (Å²) in [6.07, 6.45) is 9.91. The van der Waals surface area contributed by atoms with Crippen LogP contribution < -0.4 is 5.32 Å². The van der Waals surface area contributed by atoms with Crippen molar-refractivity contribution in [2.24, 2.45) is 5.92 Å². The molecule has 0 saturated heterocycles. The number of carbonyl (C=O) groups is 1. The minimum Gasteiger partial charge on any atom is -0.379 e. The molecule has 0 aromatic heterocycles. The van der Waals surface area contributed by atoms with Gasteiger partial charge in [0.25, 0.3) is 0 Å². The summed E-state index contributed by atoms with van der Waals surface area (Å²) in [5.41, 5.74) is 4.70. The average Bonchev–Trinajstić information content (AvgIpc) is 2.45. The van der Waals surface area contributed by atoms with Crippen molar-refractivity contribution in [3.63, 3.8) is 0 Å². The van der Waals surface area contributed by atoms with Gasteiger partial charge < -0.3 is 10.1 Å². The van der Waals surface area contributed by atoms with E-state index in [2.05, 4.69) is 43.4 Å². The zero-order valence-electron chi connectivity index (χ0n) is 11.9. The maximum Gasteiger partial charge on any atom is 0.131 e. The molecule has 0 spiro atoms. The molecule has 1 N–H and O–H groups in total. The predicted octanol–water partition coefficient (Wildman–Crippen LogP) is 3.26. The molecule has 1 aromatic rings. The van der Waals surface area contributed by atoms with Crippen molar-refractivity contribution in [1.82, 2.24) is 5.32 Å². The van der Waals surface area contributed by atoms with Crippen molar-refractivity contribution in [1.29, 1.82) is 0 Å². The first-order chi connectivity index (χ1) is 9.61. The lowest BCUT2D eigenvalue weighted by molar-refractivity contribution is -0.109. The molecule has 102 valence electrons. The Hall–Kier alpha value is -2.09. The molecule has 1 atom stereocenters. The fourth-order valence-electron chi connectivity index (χ4n) is 3.00. The van der Waals surface area contributed by atoms with Crippen LogP contribution in [0.1, 0.15) is 25.0 Å². The third-order valence-corrected chi connectivity index (χ3v) is 3.88. The van der Waals surface area contributed by atoms with Crippen LogP contribution in [0.3, 0.4) is 0 Å². The molecule has 2 heteroatoms. The molecular weight excluding hydrogens is 246 g/mol. The Balaban J connectivity index is 2.20. The fraction of sp³-hybridized carbons (Fsp3) is 0.278. The third-order valence-electron chi connectivity index (χ3n) is 3.88. The summed E-state index contributed by atoms with van der Waals surface area (Å²) < 4.78 is 0. The molecule has 2 nitrogen and oxygen atoms in total. The van der Waals surface area contributed by atoms with Gasteiger partial charge in [-0.05, 0) is 31.4 Å². The van der Waals surface area contributed by atoms with E-state index in [1.165, 1.54) is 11.1 Å². The van der Waals surface area contributed by atoms with Crippen LogP contribution in [0.5, 0.6) is 0 Å². The largest absolute Gasteiger partial charge is 0.379 e.